The highest BCUT2D eigenvalue weighted by Gasteiger charge is 2.42. The molecule has 0 amide bonds. The fraction of sp³-hybridized carbons (Fsp3) is 0.125. The summed E-state index contributed by atoms with van der Waals surface area (Å²) in [4.78, 5) is 5.05. The molecule has 0 saturated heterocycles. The van der Waals surface area contributed by atoms with Crippen LogP contribution in [0.3, 0.4) is 0 Å². The molecule has 1 heteroatoms. The summed E-state index contributed by atoms with van der Waals surface area (Å²) >= 11 is 0. The van der Waals surface area contributed by atoms with Crippen molar-refractivity contribution in [2.45, 2.75) is 19.3 Å². The molecule has 5 rings (SSSR count). The molecule has 1 aliphatic rings. The van der Waals surface area contributed by atoms with Gasteiger partial charge in [0.1, 0.15) is 0 Å². The Kier molecular flexibility index (Phi) is 2.90. The smallest absolute Gasteiger partial charge is 0.0757 e. The van der Waals surface area contributed by atoms with Gasteiger partial charge in [0.15, 0.2) is 0 Å². The fourth-order valence-electron chi connectivity index (χ4n) is 4.40. The van der Waals surface area contributed by atoms with Crippen LogP contribution < -0.4 is 0 Å². The summed E-state index contributed by atoms with van der Waals surface area (Å²) in [5, 5.41) is 1.20. The first-order valence-electron chi connectivity index (χ1n) is 8.76. The fourth-order valence-corrected chi connectivity index (χ4v) is 4.40. The van der Waals surface area contributed by atoms with Crippen LogP contribution in [-0.2, 0) is 5.41 Å². The molecule has 0 radical (unpaired) electrons. The van der Waals surface area contributed by atoms with Gasteiger partial charge in [-0.15, -0.1) is 0 Å². The van der Waals surface area contributed by atoms with E-state index in [2.05, 4.69) is 92.7 Å². The lowest BCUT2D eigenvalue weighted by atomic mass is 9.73. The Morgan fingerprint density at radius 3 is 2.24 bits per heavy atom. The van der Waals surface area contributed by atoms with Gasteiger partial charge in [-0.25, -0.2) is 4.98 Å². The highest BCUT2D eigenvalue weighted by molar-refractivity contribution is 5.89. The molecular weight excluding hydrogens is 302 g/mol. The van der Waals surface area contributed by atoms with E-state index in [4.69, 9.17) is 4.98 Å². The minimum absolute atomic E-state index is 0.172. The SMILES string of the molecule is Cc1ccccc1C1(C)c2ccccc2-c2nc3ccccc3cc21. The minimum Gasteiger partial charge on any atom is -0.247 e. The summed E-state index contributed by atoms with van der Waals surface area (Å²) in [5.74, 6) is 0. The third kappa shape index (κ3) is 1.87. The zero-order chi connectivity index (χ0) is 17.0. The Balaban J connectivity index is 1.93. The Morgan fingerprint density at radius 1 is 0.720 bits per heavy atom. The first-order valence-corrected chi connectivity index (χ1v) is 8.76. The monoisotopic (exact) mass is 321 g/mol. The number of rotatable bonds is 1. The van der Waals surface area contributed by atoms with Gasteiger partial charge < -0.3 is 0 Å². The molecule has 0 N–H and O–H groups in total. The van der Waals surface area contributed by atoms with E-state index in [1.54, 1.807) is 0 Å². The Hall–Kier alpha value is -2.93. The average molecular weight is 321 g/mol. The number of aromatic nitrogens is 1. The predicted octanol–water partition coefficient (Wildman–Crippen LogP) is 5.88. The van der Waals surface area contributed by atoms with E-state index in [1.807, 2.05) is 0 Å². The Bertz CT molecular complexity index is 1130. The second-order valence-corrected chi connectivity index (χ2v) is 7.06. The maximum Gasteiger partial charge on any atom is 0.0757 e. The van der Waals surface area contributed by atoms with E-state index < -0.39 is 0 Å². The Labute approximate surface area is 148 Å². The number of aryl methyl sites for hydroxylation is 1. The molecule has 1 aliphatic carbocycles. The average Bonchev–Trinajstić information content (AvgIpc) is 2.90. The van der Waals surface area contributed by atoms with Crippen molar-refractivity contribution in [3.05, 3.63) is 101 Å². The molecule has 1 atom stereocenters. The van der Waals surface area contributed by atoms with E-state index in [-0.39, 0.29) is 5.41 Å². The molecule has 4 aromatic rings. The van der Waals surface area contributed by atoms with Crippen molar-refractivity contribution in [3.8, 4) is 11.3 Å². The molecule has 1 heterocycles. The molecule has 120 valence electrons. The summed E-state index contributed by atoms with van der Waals surface area (Å²) in [6.07, 6.45) is 0. The number of benzene rings is 3. The first kappa shape index (κ1) is 14.4. The van der Waals surface area contributed by atoms with Gasteiger partial charge in [-0.1, -0.05) is 66.7 Å². The maximum absolute atomic E-state index is 5.05. The lowest BCUT2D eigenvalue weighted by Crippen LogP contribution is -2.23. The molecule has 1 nitrogen and oxygen atoms in total. The molecule has 3 aromatic carbocycles. The number of hydrogen-bond donors (Lipinski definition) is 0. The van der Waals surface area contributed by atoms with E-state index >= 15 is 0 Å². The third-order valence-corrected chi connectivity index (χ3v) is 5.67. The second-order valence-electron chi connectivity index (χ2n) is 7.06. The molecule has 25 heavy (non-hydrogen) atoms. The second kappa shape index (κ2) is 5.03. The summed E-state index contributed by atoms with van der Waals surface area (Å²) in [6, 6.07) is 28.2. The lowest BCUT2D eigenvalue weighted by molar-refractivity contribution is 0.707. The number of pyridine rings is 1. The van der Waals surface area contributed by atoms with Crippen LogP contribution in [0.5, 0.6) is 0 Å². The van der Waals surface area contributed by atoms with Crippen LogP contribution in [0.25, 0.3) is 22.2 Å². The van der Waals surface area contributed by atoms with Crippen LogP contribution >= 0.6 is 0 Å². The summed E-state index contributed by atoms with van der Waals surface area (Å²) in [7, 11) is 0. The zero-order valence-corrected chi connectivity index (χ0v) is 14.5. The third-order valence-electron chi connectivity index (χ3n) is 5.67. The van der Waals surface area contributed by atoms with Crippen molar-refractivity contribution in [1.82, 2.24) is 4.98 Å². The summed E-state index contributed by atoms with van der Waals surface area (Å²) in [6.45, 7) is 4.55. The van der Waals surface area contributed by atoms with Gasteiger partial charge in [-0.2, -0.15) is 0 Å². The maximum atomic E-state index is 5.05. The largest absolute Gasteiger partial charge is 0.247 e. The van der Waals surface area contributed by atoms with Crippen LogP contribution in [0.2, 0.25) is 0 Å². The summed E-state index contributed by atoms with van der Waals surface area (Å²) < 4.78 is 0. The Morgan fingerprint density at radius 2 is 1.40 bits per heavy atom. The van der Waals surface area contributed by atoms with E-state index in [1.165, 1.54) is 33.2 Å². The van der Waals surface area contributed by atoms with Gasteiger partial charge >= 0.3 is 0 Å². The molecule has 0 aliphatic heterocycles. The van der Waals surface area contributed by atoms with Crippen molar-refractivity contribution < 1.29 is 0 Å². The van der Waals surface area contributed by atoms with Crippen molar-refractivity contribution in [2.75, 3.05) is 0 Å². The van der Waals surface area contributed by atoms with Gasteiger partial charge in [0.25, 0.3) is 0 Å². The van der Waals surface area contributed by atoms with E-state index in [9.17, 15) is 0 Å². The van der Waals surface area contributed by atoms with Gasteiger partial charge in [0.2, 0.25) is 0 Å². The highest BCUT2D eigenvalue weighted by Crippen LogP contribution is 2.52. The van der Waals surface area contributed by atoms with Crippen molar-refractivity contribution in [1.29, 1.82) is 0 Å². The lowest BCUT2D eigenvalue weighted by Gasteiger charge is -2.29. The van der Waals surface area contributed by atoms with Crippen molar-refractivity contribution in [2.24, 2.45) is 0 Å². The van der Waals surface area contributed by atoms with Gasteiger partial charge in [0, 0.05) is 16.4 Å². The van der Waals surface area contributed by atoms with E-state index in [0.29, 0.717) is 0 Å². The van der Waals surface area contributed by atoms with Crippen LogP contribution in [0.4, 0.5) is 0 Å². The zero-order valence-electron chi connectivity index (χ0n) is 14.5. The van der Waals surface area contributed by atoms with Crippen LogP contribution in [0.15, 0.2) is 78.9 Å². The minimum atomic E-state index is -0.172. The number of fused-ring (bicyclic) bond motifs is 4. The van der Waals surface area contributed by atoms with Crippen molar-refractivity contribution >= 4 is 10.9 Å². The van der Waals surface area contributed by atoms with Gasteiger partial charge in [-0.3, -0.25) is 0 Å². The first-order chi connectivity index (χ1) is 12.2. The van der Waals surface area contributed by atoms with Crippen LogP contribution in [0.1, 0.15) is 29.2 Å². The summed E-state index contributed by atoms with van der Waals surface area (Å²) in [5.41, 5.74) is 8.61. The highest BCUT2D eigenvalue weighted by atomic mass is 14.7. The molecule has 0 saturated carbocycles. The van der Waals surface area contributed by atoms with Gasteiger partial charge in [-0.05, 0) is 48.2 Å². The number of hydrogen-bond acceptors (Lipinski definition) is 1. The molecule has 1 aromatic heterocycles. The number of para-hydroxylation sites is 1. The standard InChI is InChI=1S/C24H19N/c1-16-9-3-6-12-19(16)24(2)20-13-7-5-11-18(20)23-21(24)15-17-10-4-8-14-22(17)25-23/h3-15H,1-2H3. The van der Waals surface area contributed by atoms with E-state index in [0.717, 1.165) is 11.2 Å². The molecular formula is C24H19N. The van der Waals surface area contributed by atoms with Gasteiger partial charge in [0.05, 0.1) is 11.2 Å². The topological polar surface area (TPSA) is 12.9 Å². The normalized spacial score (nSPS) is 18.2. The quantitative estimate of drug-likeness (QED) is 0.427. The molecule has 1 unspecified atom stereocenters. The molecule has 0 fully saturated rings. The predicted molar refractivity (Wildman–Crippen MR) is 104 cm³/mol. The van der Waals surface area contributed by atoms with Crippen LogP contribution in [0, 0.1) is 6.92 Å². The van der Waals surface area contributed by atoms with Crippen LogP contribution in [-0.4, -0.2) is 4.98 Å². The van der Waals surface area contributed by atoms with Crippen molar-refractivity contribution in [3.63, 3.8) is 0 Å². The molecule has 0 bridgehead atoms. The number of nitrogens with zero attached hydrogens (tertiary/aromatic N) is 1. The molecule has 0 spiro atoms.